The Labute approximate surface area is 92.2 Å². The van der Waals surface area contributed by atoms with E-state index in [-0.39, 0.29) is 0 Å². The van der Waals surface area contributed by atoms with Gasteiger partial charge in [-0.05, 0) is 41.0 Å². The van der Waals surface area contributed by atoms with Crippen LogP contribution >= 0.6 is 0 Å². The van der Waals surface area contributed by atoms with E-state index in [2.05, 4.69) is 38.7 Å². The second-order valence-electron chi connectivity index (χ2n) is 4.96. The van der Waals surface area contributed by atoms with Crippen molar-refractivity contribution in [2.75, 3.05) is 0 Å². The van der Waals surface area contributed by atoms with Gasteiger partial charge in [0, 0.05) is 12.4 Å². The molecule has 1 aliphatic carbocycles. The molecule has 80 valence electrons. The van der Waals surface area contributed by atoms with Gasteiger partial charge >= 0.3 is 0 Å². The van der Waals surface area contributed by atoms with Crippen molar-refractivity contribution in [3.63, 3.8) is 0 Å². The van der Waals surface area contributed by atoms with Gasteiger partial charge in [-0.3, -0.25) is 4.98 Å². The summed E-state index contributed by atoms with van der Waals surface area (Å²) < 4.78 is 0. The molecule has 0 saturated carbocycles. The first-order valence-corrected chi connectivity index (χ1v) is 5.77. The van der Waals surface area contributed by atoms with Crippen LogP contribution in [0.5, 0.6) is 0 Å². The number of hydrogen-bond acceptors (Lipinski definition) is 1. The SMILES string of the molecule is CC(C)C1=C(C(C)C)c2ccncc2C1. The molecule has 1 aromatic rings. The quantitative estimate of drug-likeness (QED) is 0.711. The van der Waals surface area contributed by atoms with Crippen molar-refractivity contribution in [1.29, 1.82) is 0 Å². The van der Waals surface area contributed by atoms with Crippen LogP contribution in [-0.2, 0) is 6.42 Å². The molecule has 2 rings (SSSR count). The summed E-state index contributed by atoms with van der Waals surface area (Å²) in [4.78, 5) is 4.22. The van der Waals surface area contributed by atoms with Gasteiger partial charge < -0.3 is 0 Å². The highest BCUT2D eigenvalue weighted by molar-refractivity contribution is 5.77. The smallest absolute Gasteiger partial charge is 0.0309 e. The van der Waals surface area contributed by atoms with Crippen molar-refractivity contribution in [3.8, 4) is 0 Å². The number of aromatic nitrogens is 1. The second kappa shape index (κ2) is 3.80. The molecule has 0 aliphatic heterocycles. The first kappa shape index (κ1) is 10.4. The molecule has 0 radical (unpaired) electrons. The Balaban J connectivity index is 2.53. The average Bonchev–Trinajstić information content (AvgIpc) is 2.56. The van der Waals surface area contributed by atoms with Gasteiger partial charge in [-0.2, -0.15) is 0 Å². The molecule has 1 aliphatic rings. The number of fused-ring (bicyclic) bond motifs is 1. The van der Waals surface area contributed by atoms with Crippen molar-refractivity contribution in [1.82, 2.24) is 4.98 Å². The van der Waals surface area contributed by atoms with E-state index >= 15 is 0 Å². The van der Waals surface area contributed by atoms with Gasteiger partial charge in [-0.15, -0.1) is 0 Å². The van der Waals surface area contributed by atoms with Gasteiger partial charge in [0.1, 0.15) is 0 Å². The van der Waals surface area contributed by atoms with Gasteiger partial charge in [0.2, 0.25) is 0 Å². The number of rotatable bonds is 2. The fourth-order valence-electron chi connectivity index (χ4n) is 2.50. The highest BCUT2D eigenvalue weighted by atomic mass is 14.6. The third kappa shape index (κ3) is 1.71. The van der Waals surface area contributed by atoms with Crippen LogP contribution in [0, 0.1) is 11.8 Å². The van der Waals surface area contributed by atoms with E-state index in [1.165, 1.54) is 11.1 Å². The van der Waals surface area contributed by atoms with Crippen LogP contribution in [-0.4, -0.2) is 4.98 Å². The molecule has 0 bridgehead atoms. The zero-order chi connectivity index (χ0) is 11.0. The van der Waals surface area contributed by atoms with E-state index < -0.39 is 0 Å². The predicted molar refractivity (Wildman–Crippen MR) is 64.5 cm³/mol. The topological polar surface area (TPSA) is 12.9 Å². The number of nitrogens with zero attached hydrogens (tertiary/aromatic N) is 1. The van der Waals surface area contributed by atoms with Crippen LogP contribution in [0.3, 0.4) is 0 Å². The maximum atomic E-state index is 4.22. The highest BCUT2D eigenvalue weighted by Gasteiger charge is 2.24. The van der Waals surface area contributed by atoms with E-state index in [1.807, 2.05) is 12.4 Å². The second-order valence-corrected chi connectivity index (χ2v) is 4.96. The maximum absolute atomic E-state index is 4.22. The summed E-state index contributed by atoms with van der Waals surface area (Å²) in [5.41, 5.74) is 6.00. The van der Waals surface area contributed by atoms with Crippen LogP contribution in [0.4, 0.5) is 0 Å². The molecular weight excluding hydrogens is 182 g/mol. The van der Waals surface area contributed by atoms with E-state index in [1.54, 1.807) is 11.1 Å². The van der Waals surface area contributed by atoms with E-state index in [0.717, 1.165) is 6.42 Å². The molecule has 0 unspecified atom stereocenters. The Bertz CT molecular complexity index is 400. The minimum Gasteiger partial charge on any atom is -0.264 e. The molecule has 0 saturated heterocycles. The van der Waals surface area contributed by atoms with Crippen molar-refractivity contribution in [2.24, 2.45) is 11.8 Å². The van der Waals surface area contributed by atoms with E-state index in [0.29, 0.717) is 11.8 Å². The van der Waals surface area contributed by atoms with Gasteiger partial charge in [-0.25, -0.2) is 0 Å². The Hall–Kier alpha value is -1.11. The summed E-state index contributed by atoms with van der Waals surface area (Å²) >= 11 is 0. The minimum atomic E-state index is 0.617. The normalized spacial score (nSPS) is 15.3. The summed E-state index contributed by atoms with van der Waals surface area (Å²) in [6, 6.07) is 2.17. The van der Waals surface area contributed by atoms with Crippen molar-refractivity contribution in [2.45, 2.75) is 34.1 Å². The molecule has 1 nitrogen and oxygen atoms in total. The van der Waals surface area contributed by atoms with Crippen molar-refractivity contribution in [3.05, 3.63) is 35.2 Å². The average molecular weight is 201 g/mol. The molecule has 0 aromatic carbocycles. The number of pyridine rings is 1. The summed E-state index contributed by atoms with van der Waals surface area (Å²) in [6.45, 7) is 9.15. The molecule has 0 spiro atoms. The molecule has 0 fully saturated rings. The van der Waals surface area contributed by atoms with Crippen LogP contribution < -0.4 is 0 Å². The molecule has 0 atom stereocenters. The lowest BCUT2D eigenvalue weighted by Crippen LogP contribution is -1.99. The Morgan fingerprint density at radius 3 is 2.47 bits per heavy atom. The van der Waals surface area contributed by atoms with E-state index in [9.17, 15) is 0 Å². The minimum absolute atomic E-state index is 0.617. The number of allylic oxidation sites excluding steroid dienone is 2. The zero-order valence-corrected chi connectivity index (χ0v) is 10.0. The summed E-state index contributed by atoms with van der Waals surface area (Å²) in [5, 5.41) is 0. The molecule has 0 N–H and O–H groups in total. The molecular formula is C14H19N. The van der Waals surface area contributed by atoms with Crippen LogP contribution in [0.2, 0.25) is 0 Å². The van der Waals surface area contributed by atoms with Crippen LogP contribution in [0.1, 0.15) is 38.8 Å². The van der Waals surface area contributed by atoms with Gasteiger partial charge in [0.15, 0.2) is 0 Å². The highest BCUT2D eigenvalue weighted by Crippen LogP contribution is 2.39. The van der Waals surface area contributed by atoms with Crippen molar-refractivity contribution < 1.29 is 0 Å². The summed E-state index contributed by atoms with van der Waals surface area (Å²) in [5.74, 6) is 1.26. The Morgan fingerprint density at radius 2 is 1.87 bits per heavy atom. The molecule has 1 aromatic heterocycles. The Kier molecular flexibility index (Phi) is 2.64. The third-order valence-electron chi connectivity index (χ3n) is 3.19. The summed E-state index contributed by atoms with van der Waals surface area (Å²) in [6.07, 6.45) is 5.03. The molecule has 0 amide bonds. The molecule has 15 heavy (non-hydrogen) atoms. The maximum Gasteiger partial charge on any atom is 0.0309 e. The first-order valence-electron chi connectivity index (χ1n) is 5.77. The van der Waals surface area contributed by atoms with Crippen LogP contribution in [0.25, 0.3) is 5.57 Å². The number of hydrogen-bond donors (Lipinski definition) is 0. The zero-order valence-electron chi connectivity index (χ0n) is 10.0. The standard InChI is InChI=1S/C14H19N/c1-9(2)13-7-11-8-15-6-5-12(11)14(13)10(3)4/h5-6,8-10H,7H2,1-4H3. The third-order valence-corrected chi connectivity index (χ3v) is 3.19. The van der Waals surface area contributed by atoms with Crippen molar-refractivity contribution >= 4 is 5.57 Å². The lowest BCUT2D eigenvalue weighted by atomic mass is 9.91. The molecule has 1 heteroatoms. The lowest BCUT2D eigenvalue weighted by molar-refractivity contribution is 0.734. The van der Waals surface area contributed by atoms with Gasteiger partial charge in [0.05, 0.1) is 0 Å². The van der Waals surface area contributed by atoms with E-state index in [4.69, 9.17) is 0 Å². The Morgan fingerprint density at radius 1 is 1.13 bits per heavy atom. The monoisotopic (exact) mass is 201 g/mol. The molecule has 1 heterocycles. The summed E-state index contributed by atoms with van der Waals surface area (Å²) in [7, 11) is 0. The fourth-order valence-corrected chi connectivity index (χ4v) is 2.50. The predicted octanol–water partition coefficient (Wildman–Crippen LogP) is 3.70. The fraction of sp³-hybridized carbons (Fsp3) is 0.500. The van der Waals surface area contributed by atoms with Gasteiger partial charge in [0.25, 0.3) is 0 Å². The van der Waals surface area contributed by atoms with Gasteiger partial charge in [-0.1, -0.05) is 33.3 Å². The first-order chi connectivity index (χ1) is 7.11. The largest absolute Gasteiger partial charge is 0.264 e. The lowest BCUT2D eigenvalue weighted by Gasteiger charge is -2.14. The van der Waals surface area contributed by atoms with Crippen LogP contribution in [0.15, 0.2) is 24.0 Å².